The molecule has 0 saturated heterocycles. The number of hydrogen-bond donors (Lipinski definition) is 1. The summed E-state index contributed by atoms with van der Waals surface area (Å²) in [6.07, 6.45) is 2.96. The molecule has 1 N–H and O–H groups in total. The van der Waals surface area contributed by atoms with E-state index in [4.69, 9.17) is 13.8 Å². The maximum atomic E-state index is 11.3. The van der Waals surface area contributed by atoms with E-state index < -0.39 is 28.8 Å². The highest BCUT2D eigenvalue weighted by molar-refractivity contribution is 6.74. The van der Waals surface area contributed by atoms with Crippen molar-refractivity contribution in [2.24, 2.45) is 4.99 Å². The lowest BCUT2D eigenvalue weighted by Gasteiger charge is -2.37. The first-order chi connectivity index (χ1) is 17.1. The Morgan fingerprint density at radius 3 is 1.65 bits per heavy atom. The molecule has 0 saturated carbocycles. The fraction of sp³-hybridized carbons (Fsp3) is 0.516. The molecular formula is C31H49NO3Si2. The lowest BCUT2D eigenvalue weighted by molar-refractivity contribution is 0.147. The Balaban J connectivity index is 2.39. The van der Waals surface area contributed by atoms with Crippen molar-refractivity contribution in [3.63, 3.8) is 0 Å². The molecule has 2 rings (SSSR count). The molecule has 0 aliphatic carbocycles. The molecular weight excluding hydrogens is 491 g/mol. The van der Waals surface area contributed by atoms with Gasteiger partial charge in [0.05, 0.1) is 25.0 Å². The number of nitrogens with zero attached hydrogens (tertiary/aromatic N) is 1. The number of benzene rings is 2. The van der Waals surface area contributed by atoms with Crippen LogP contribution in [0.1, 0.15) is 52.7 Å². The minimum atomic E-state index is -2.03. The third-order valence-corrected chi connectivity index (χ3v) is 16.9. The Morgan fingerprint density at radius 1 is 0.784 bits per heavy atom. The normalized spacial score (nSPS) is 15.0. The van der Waals surface area contributed by atoms with Crippen LogP contribution in [-0.2, 0) is 8.85 Å². The van der Waals surface area contributed by atoms with E-state index in [9.17, 15) is 5.11 Å². The van der Waals surface area contributed by atoms with Crippen LogP contribution in [0.25, 0.3) is 0 Å². The largest absolute Gasteiger partial charge is 0.415 e. The fourth-order valence-electron chi connectivity index (χ4n) is 3.19. The van der Waals surface area contributed by atoms with Crippen molar-refractivity contribution in [1.82, 2.24) is 0 Å². The molecule has 0 heterocycles. The van der Waals surface area contributed by atoms with E-state index in [1.165, 1.54) is 0 Å². The van der Waals surface area contributed by atoms with E-state index in [0.29, 0.717) is 13.2 Å². The van der Waals surface area contributed by atoms with Crippen molar-refractivity contribution in [1.29, 1.82) is 0 Å². The summed E-state index contributed by atoms with van der Waals surface area (Å²) >= 11 is 0. The summed E-state index contributed by atoms with van der Waals surface area (Å²) in [6, 6.07) is 19.9. The van der Waals surface area contributed by atoms with Gasteiger partial charge in [0.1, 0.15) is 6.04 Å². The van der Waals surface area contributed by atoms with Gasteiger partial charge in [0, 0.05) is 11.1 Å². The zero-order chi connectivity index (χ0) is 27.9. The highest BCUT2D eigenvalue weighted by Gasteiger charge is 2.38. The zero-order valence-electron chi connectivity index (χ0n) is 24.7. The predicted octanol–water partition coefficient (Wildman–Crippen LogP) is 7.85. The molecule has 0 radical (unpaired) electrons. The van der Waals surface area contributed by atoms with E-state index in [1.807, 2.05) is 48.6 Å². The Kier molecular flexibility index (Phi) is 10.9. The lowest BCUT2D eigenvalue weighted by atomic mass is 10.0. The van der Waals surface area contributed by atoms with Crippen molar-refractivity contribution >= 4 is 22.3 Å². The predicted molar refractivity (Wildman–Crippen MR) is 164 cm³/mol. The molecule has 6 heteroatoms. The topological polar surface area (TPSA) is 51.0 Å². The molecule has 2 atom stereocenters. The van der Waals surface area contributed by atoms with Gasteiger partial charge in [-0.25, -0.2) is 0 Å². The summed E-state index contributed by atoms with van der Waals surface area (Å²) < 4.78 is 12.9. The van der Waals surface area contributed by atoms with Crippen LogP contribution in [0.4, 0.5) is 0 Å². The Bertz CT molecular complexity index is 978. The molecule has 2 aromatic rings. The summed E-state index contributed by atoms with van der Waals surface area (Å²) in [5, 5.41) is 11.6. The second-order valence-corrected chi connectivity index (χ2v) is 22.5. The van der Waals surface area contributed by atoms with Crippen LogP contribution < -0.4 is 0 Å². The average Bonchev–Trinajstić information content (AvgIpc) is 2.81. The Labute approximate surface area is 228 Å². The molecule has 2 aromatic carbocycles. The standard InChI is InChI=1S/C31H49NO3Si2/c1-30(2,3)36(7,8)34-23-17-22-28(33)27(24-35-37(9,10)31(4,5)6)32-29(25-18-13-11-14-19-25)26-20-15-12-16-21-26/h11-22,27-28,33H,23-24H2,1-10H3/b22-17+/t27-,28-/m0/s1. The number of aliphatic hydroxyl groups is 1. The monoisotopic (exact) mass is 539 g/mol. The Morgan fingerprint density at radius 2 is 1.22 bits per heavy atom. The molecule has 0 fully saturated rings. The van der Waals surface area contributed by atoms with E-state index >= 15 is 0 Å². The molecule has 0 amide bonds. The summed E-state index contributed by atoms with van der Waals surface area (Å²) in [7, 11) is -3.89. The fourth-order valence-corrected chi connectivity index (χ4v) is 5.16. The molecule has 4 nitrogen and oxygen atoms in total. The van der Waals surface area contributed by atoms with Gasteiger partial charge in [-0.1, -0.05) is 114 Å². The highest BCUT2D eigenvalue weighted by atomic mass is 28.4. The van der Waals surface area contributed by atoms with Gasteiger partial charge in [0.2, 0.25) is 0 Å². The summed E-state index contributed by atoms with van der Waals surface area (Å²) in [4.78, 5) is 5.15. The maximum Gasteiger partial charge on any atom is 0.192 e. The number of aliphatic imine (C=N–C) groups is 1. The minimum Gasteiger partial charge on any atom is -0.415 e. The van der Waals surface area contributed by atoms with Gasteiger partial charge in [0.15, 0.2) is 16.6 Å². The van der Waals surface area contributed by atoms with E-state index in [-0.39, 0.29) is 10.1 Å². The van der Waals surface area contributed by atoms with E-state index in [2.05, 4.69) is 92.0 Å². The van der Waals surface area contributed by atoms with Crippen LogP contribution in [0.2, 0.25) is 36.3 Å². The number of rotatable bonds is 11. The van der Waals surface area contributed by atoms with Crippen LogP contribution in [0, 0.1) is 0 Å². The second-order valence-electron chi connectivity index (χ2n) is 12.8. The summed E-state index contributed by atoms with van der Waals surface area (Å²) in [5.41, 5.74) is 2.89. The summed E-state index contributed by atoms with van der Waals surface area (Å²) in [6.45, 7) is 23.2. The van der Waals surface area contributed by atoms with Crippen LogP contribution in [0.15, 0.2) is 77.8 Å². The minimum absolute atomic E-state index is 0.0702. The lowest BCUT2D eigenvalue weighted by Crippen LogP contribution is -2.44. The zero-order valence-corrected chi connectivity index (χ0v) is 26.7. The van der Waals surface area contributed by atoms with Gasteiger partial charge in [0.25, 0.3) is 0 Å². The molecule has 0 aliphatic rings. The first-order valence-electron chi connectivity index (χ1n) is 13.4. The molecule has 0 aliphatic heterocycles. The maximum absolute atomic E-state index is 11.3. The van der Waals surface area contributed by atoms with Crippen molar-refractivity contribution < 1.29 is 14.0 Å². The van der Waals surface area contributed by atoms with Crippen LogP contribution in [0.5, 0.6) is 0 Å². The van der Waals surface area contributed by atoms with Crippen LogP contribution in [-0.4, -0.2) is 52.8 Å². The van der Waals surface area contributed by atoms with E-state index in [1.54, 1.807) is 0 Å². The van der Waals surface area contributed by atoms with Gasteiger partial charge in [-0.2, -0.15) is 0 Å². The smallest absolute Gasteiger partial charge is 0.192 e. The molecule has 204 valence electrons. The van der Waals surface area contributed by atoms with Crippen molar-refractivity contribution in [2.75, 3.05) is 13.2 Å². The highest BCUT2D eigenvalue weighted by Crippen LogP contribution is 2.37. The molecule has 37 heavy (non-hydrogen) atoms. The molecule has 0 unspecified atom stereocenters. The van der Waals surface area contributed by atoms with Gasteiger partial charge < -0.3 is 14.0 Å². The number of hydrogen-bond acceptors (Lipinski definition) is 4. The summed E-state index contributed by atoms with van der Waals surface area (Å²) in [5.74, 6) is 0. The molecule has 0 spiro atoms. The third-order valence-electron chi connectivity index (χ3n) is 7.88. The number of aliphatic hydroxyl groups excluding tert-OH is 1. The third kappa shape index (κ3) is 9.15. The second kappa shape index (κ2) is 12.8. The van der Waals surface area contributed by atoms with Gasteiger partial charge >= 0.3 is 0 Å². The van der Waals surface area contributed by atoms with Crippen LogP contribution >= 0.6 is 0 Å². The molecule has 0 bridgehead atoms. The van der Waals surface area contributed by atoms with Gasteiger partial charge in [-0.05, 0) is 36.3 Å². The van der Waals surface area contributed by atoms with Crippen molar-refractivity contribution in [2.45, 2.75) is 90.0 Å². The molecule has 0 aromatic heterocycles. The SMILES string of the molecule is CC(C)(C)[Si](C)(C)OC/C=C/[C@H](O)[C@H](CO[Si](C)(C)C(C)(C)C)N=C(c1ccccc1)c1ccccc1. The van der Waals surface area contributed by atoms with Crippen LogP contribution in [0.3, 0.4) is 0 Å². The van der Waals surface area contributed by atoms with Gasteiger partial charge in [-0.3, -0.25) is 4.99 Å². The van der Waals surface area contributed by atoms with E-state index in [0.717, 1.165) is 16.8 Å². The Hall–Kier alpha value is -1.84. The van der Waals surface area contributed by atoms with Crippen molar-refractivity contribution in [3.05, 3.63) is 83.9 Å². The first-order valence-corrected chi connectivity index (χ1v) is 19.2. The first kappa shape index (κ1) is 31.4. The average molecular weight is 540 g/mol. The van der Waals surface area contributed by atoms with Gasteiger partial charge in [-0.15, -0.1) is 0 Å². The van der Waals surface area contributed by atoms with Crippen molar-refractivity contribution in [3.8, 4) is 0 Å². The quantitative estimate of drug-likeness (QED) is 0.180.